The fourth-order valence-corrected chi connectivity index (χ4v) is 2.97. The first kappa shape index (κ1) is 20.8. The summed E-state index contributed by atoms with van der Waals surface area (Å²) in [7, 11) is 2.02. The van der Waals surface area contributed by atoms with Crippen LogP contribution >= 0.6 is 12.4 Å². The number of aryl methyl sites for hydroxylation is 1. The smallest absolute Gasteiger partial charge is 0.240 e. The fraction of sp³-hybridized carbons (Fsp3) is 0.706. The van der Waals surface area contributed by atoms with Gasteiger partial charge in [0.15, 0.2) is 5.82 Å². The highest BCUT2D eigenvalue weighted by atomic mass is 35.5. The number of halogens is 1. The number of hydrogen-bond donors (Lipinski definition) is 1. The number of nitrogens with zero attached hydrogens (tertiary/aromatic N) is 5. The molecule has 1 aliphatic rings. The second kappa shape index (κ2) is 9.45. The quantitative estimate of drug-likeness (QED) is 0.782. The summed E-state index contributed by atoms with van der Waals surface area (Å²) in [5.74, 6) is 2.75. The van der Waals surface area contributed by atoms with Crippen molar-refractivity contribution in [2.45, 2.75) is 39.5 Å². The molecule has 0 saturated carbocycles. The van der Waals surface area contributed by atoms with Gasteiger partial charge in [-0.05, 0) is 12.8 Å². The van der Waals surface area contributed by atoms with Crippen molar-refractivity contribution in [2.24, 2.45) is 13.0 Å². The lowest BCUT2D eigenvalue weighted by Crippen LogP contribution is -2.46. The van der Waals surface area contributed by atoms with Gasteiger partial charge in [-0.15, -0.1) is 12.4 Å². The van der Waals surface area contributed by atoms with Crippen LogP contribution in [-0.4, -0.2) is 50.8 Å². The minimum atomic E-state index is -0.159. The predicted octanol–water partition coefficient (Wildman–Crippen LogP) is 2.10. The summed E-state index contributed by atoms with van der Waals surface area (Å²) in [6.45, 7) is 10.2. The Labute approximate surface area is 160 Å². The number of rotatable bonds is 7. The fourth-order valence-electron chi connectivity index (χ4n) is 2.97. The van der Waals surface area contributed by atoms with Gasteiger partial charge in [-0.25, -0.2) is 4.98 Å². The zero-order valence-corrected chi connectivity index (χ0v) is 16.7. The van der Waals surface area contributed by atoms with E-state index in [0.29, 0.717) is 30.8 Å². The summed E-state index contributed by atoms with van der Waals surface area (Å²) < 4.78 is 13.3. The first-order chi connectivity index (χ1) is 12.0. The number of piperazine rings is 1. The van der Waals surface area contributed by atoms with Gasteiger partial charge in [-0.2, -0.15) is 4.98 Å². The van der Waals surface area contributed by atoms with Crippen LogP contribution in [0.5, 0.6) is 0 Å². The summed E-state index contributed by atoms with van der Waals surface area (Å²) in [4.78, 5) is 11.4. The summed E-state index contributed by atoms with van der Waals surface area (Å²) in [6.07, 6.45) is 3.65. The molecule has 2 unspecified atom stereocenters. The summed E-state index contributed by atoms with van der Waals surface area (Å²) in [6, 6.07) is 0.193. The molecule has 0 aliphatic carbocycles. The number of imidazole rings is 1. The van der Waals surface area contributed by atoms with Crippen molar-refractivity contribution in [3.05, 3.63) is 29.9 Å². The Morgan fingerprint density at radius 2 is 2.19 bits per heavy atom. The van der Waals surface area contributed by atoms with Gasteiger partial charge in [0.1, 0.15) is 11.9 Å². The van der Waals surface area contributed by atoms with Crippen molar-refractivity contribution in [1.82, 2.24) is 29.9 Å². The highest BCUT2D eigenvalue weighted by Gasteiger charge is 2.28. The van der Waals surface area contributed by atoms with Crippen molar-refractivity contribution in [2.75, 3.05) is 26.2 Å². The van der Waals surface area contributed by atoms with Gasteiger partial charge in [-0.3, -0.25) is 4.90 Å². The van der Waals surface area contributed by atoms with Crippen molar-refractivity contribution >= 4 is 12.4 Å². The Bertz CT molecular complexity index is 674. The maximum Gasteiger partial charge on any atom is 0.240 e. The van der Waals surface area contributed by atoms with E-state index in [-0.39, 0.29) is 24.6 Å². The molecule has 1 N–H and O–H groups in total. The summed E-state index contributed by atoms with van der Waals surface area (Å²) in [5, 5.41) is 7.53. The van der Waals surface area contributed by atoms with Gasteiger partial charge in [0.2, 0.25) is 5.89 Å². The predicted molar refractivity (Wildman–Crippen MR) is 100.0 cm³/mol. The Morgan fingerprint density at radius 1 is 1.38 bits per heavy atom. The molecule has 1 saturated heterocycles. The topological polar surface area (TPSA) is 81.2 Å². The minimum Gasteiger partial charge on any atom is -0.370 e. The third kappa shape index (κ3) is 5.03. The zero-order valence-electron chi connectivity index (χ0n) is 15.9. The normalized spacial score (nSPS) is 19.5. The molecule has 8 nitrogen and oxygen atoms in total. The second-order valence-corrected chi connectivity index (χ2v) is 7.00. The van der Waals surface area contributed by atoms with Crippen molar-refractivity contribution in [3.8, 4) is 0 Å². The molecule has 0 aromatic carbocycles. The number of hydrogen-bond acceptors (Lipinski definition) is 7. The third-order valence-corrected chi connectivity index (χ3v) is 4.38. The molecule has 2 aromatic rings. The number of nitrogens with one attached hydrogen (secondary N) is 1. The minimum absolute atomic E-state index is 0. The van der Waals surface area contributed by atoms with Gasteiger partial charge < -0.3 is 19.1 Å². The van der Waals surface area contributed by atoms with E-state index >= 15 is 0 Å². The summed E-state index contributed by atoms with van der Waals surface area (Å²) in [5.41, 5.74) is 0. The van der Waals surface area contributed by atoms with Crippen LogP contribution in [0.25, 0.3) is 0 Å². The van der Waals surface area contributed by atoms with Crippen molar-refractivity contribution < 1.29 is 9.26 Å². The van der Waals surface area contributed by atoms with Crippen LogP contribution in [0, 0.1) is 5.92 Å². The Morgan fingerprint density at radius 3 is 2.88 bits per heavy atom. The van der Waals surface area contributed by atoms with Gasteiger partial charge in [0.05, 0.1) is 12.6 Å². The van der Waals surface area contributed by atoms with Crippen molar-refractivity contribution in [1.29, 1.82) is 0 Å². The number of ether oxygens (including phenoxy) is 1. The van der Waals surface area contributed by atoms with Gasteiger partial charge in [-0.1, -0.05) is 19.0 Å². The lowest BCUT2D eigenvalue weighted by atomic mass is 10.1. The third-order valence-electron chi connectivity index (χ3n) is 4.38. The highest BCUT2D eigenvalue weighted by Crippen LogP contribution is 2.23. The van der Waals surface area contributed by atoms with E-state index in [1.54, 1.807) is 0 Å². The molecule has 1 aliphatic heterocycles. The molecular weight excluding hydrogens is 356 g/mol. The van der Waals surface area contributed by atoms with Crippen LogP contribution in [0.2, 0.25) is 0 Å². The molecule has 146 valence electrons. The van der Waals surface area contributed by atoms with Crippen LogP contribution in [0.4, 0.5) is 0 Å². The SMILES string of the molecule is CC(C)COC(C)c1noc(CN2CCNCC2c2nccn2C)n1.Cl. The molecule has 9 heteroatoms. The average Bonchev–Trinajstić information content (AvgIpc) is 3.22. The van der Waals surface area contributed by atoms with Gasteiger partial charge >= 0.3 is 0 Å². The molecular formula is C17H29ClN6O2. The molecule has 0 bridgehead atoms. The molecule has 0 radical (unpaired) electrons. The van der Waals surface area contributed by atoms with E-state index in [4.69, 9.17) is 9.26 Å². The maximum atomic E-state index is 5.77. The van der Waals surface area contributed by atoms with Crippen LogP contribution in [0.1, 0.15) is 50.5 Å². The standard InChI is InChI=1S/C17H28N6O2.ClH/c1-12(2)11-24-13(3)16-20-15(25-21-16)10-23-8-5-18-9-14(23)17-19-6-7-22(17)4;/h6-7,12-14,18H,5,8-11H2,1-4H3;1H. The molecule has 26 heavy (non-hydrogen) atoms. The molecule has 2 aromatic heterocycles. The van der Waals surface area contributed by atoms with Gasteiger partial charge in [0.25, 0.3) is 0 Å². The molecule has 3 heterocycles. The maximum absolute atomic E-state index is 5.77. The van der Waals surface area contributed by atoms with E-state index in [0.717, 1.165) is 25.5 Å². The van der Waals surface area contributed by atoms with Gasteiger partial charge in [0, 0.05) is 45.7 Å². The number of aromatic nitrogens is 4. The molecule has 1 fully saturated rings. The highest BCUT2D eigenvalue weighted by molar-refractivity contribution is 5.85. The van der Waals surface area contributed by atoms with Crippen molar-refractivity contribution in [3.63, 3.8) is 0 Å². The molecule has 3 rings (SSSR count). The Kier molecular flexibility index (Phi) is 7.57. The molecule has 0 amide bonds. The van der Waals surface area contributed by atoms with Crippen LogP contribution < -0.4 is 5.32 Å². The van der Waals surface area contributed by atoms with Crippen LogP contribution in [0.3, 0.4) is 0 Å². The lowest BCUT2D eigenvalue weighted by Gasteiger charge is -2.34. The molecule has 2 atom stereocenters. The summed E-state index contributed by atoms with van der Waals surface area (Å²) >= 11 is 0. The zero-order chi connectivity index (χ0) is 17.8. The van der Waals surface area contributed by atoms with E-state index < -0.39 is 0 Å². The lowest BCUT2D eigenvalue weighted by molar-refractivity contribution is 0.0402. The molecule has 0 spiro atoms. The Balaban J connectivity index is 0.00000243. The average molecular weight is 385 g/mol. The van der Waals surface area contributed by atoms with E-state index in [1.807, 2.05) is 26.4 Å². The van der Waals surface area contributed by atoms with Crippen LogP contribution in [0.15, 0.2) is 16.9 Å². The largest absolute Gasteiger partial charge is 0.370 e. The first-order valence-electron chi connectivity index (χ1n) is 8.90. The van der Waals surface area contributed by atoms with Crippen LogP contribution in [-0.2, 0) is 18.3 Å². The first-order valence-corrected chi connectivity index (χ1v) is 8.90. The Hall–Kier alpha value is -1.48. The van der Waals surface area contributed by atoms with E-state index in [1.165, 1.54) is 0 Å². The van der Waals surface area contributed by atoms with E-state index in [9.17, 15) is 0 Å². The second-order valence-electron chi connectivity index (χ2n) is 7.00. The monoisotopic (exact) mass is 384 g/mol. The van der Waals surface area contributed by atoms with E-state index in [2.05, 4.69) is 43.8 Å².